The fraction of sp³-hybridized carbons (Fsp3) is 0.927. The van der Waals surface area contributed by atoms with Crippen LogP contribution in [0.25, 0.3) is 0 Å². The molecule has 6 N–H and O–H groups in total. The van der Waals surface area contributed by atoms with Crippen LogP contribution >= 0.6 is 7.82 Å². The zero-order chi connectivity index (χ0) is 37.7. The summed E-state index contributed by atoms with van der Waals surface area (Å²) in [7, 11) is -4.39. The highest BCUT2D eigenvalue weighted by Crippen LogP contribution is 2.43. The normalized spacial score (nSPS) is 14.9. The molecule has 0 saturated heterocycles. The van der Waals surface area contributed by atoms with Crippen molar-refractivity contribution in [3.8, 4) is 0 Å². The lowest BCUT2D eigenvalue weighted by Crippen LogP contribution is -2.46. The van der Waals surface area contributed by atoms with Crippen molar-refractivity contribution in [2.75, 3.05) is 19.8 Å². The number of hydrogen-bond acceptors (Lipinski definition) is 7. The molecule has 1 amide bonds. The lowest BCUT2D eigenvalue weighted by atomic mass is 10.0. The van der Waals surface area contributed by atoms with E-state index in [9.17, 15) is 24.5 Å². The van der Waals surface area contributed by atoms with Crippen LogP contribution in [-0.2, 0) is 18.4 Å². The first-order chi connectivity index (χ1) is 24.8. The highest BCUT2D eigenvalue weighted by Gasteiger charge is 2.27. The molecule has 10 heteroatoms. The van der Waals surface area contributed by atoms with Crippen LogP contribution < -0.4 is 11.1 Å². The standard InChI is InChI=1S/C41H83N2O7P/c1-3-5-7-9-11-13-14-15-16-17-18-19-20-21-22-23-24-25-27-29-31-33-40(45)39(37-50-51(47,48)49-35-34-42)43-41(46)36-38(44)32-30-28-26-12-10-8-6-4-2/h31,33,38-40,44-45H,3-30,32,34-37,42H2,1-2H3,(H,43,46)(H,47,48)/b33-31+. The maximum Gasteiger partial charge on any atom is 0.472 e. The van der Waals surface area contributed by atoms with Crippen molar-refractivity contribution in [3.05, 3.63) is 12.2 Å². The van der Waals surface area contributed by atoms with Gasteiger partial charge >= 0.3 is 7.82 Å². The van der Waals surface area contributed by atoms with Crippen LogP contribution in [0.2, 0.25) is 0 Å². The van der Waals surface area contributed by atoms with Gasteiger partial charge in [-0.2, -0.15) is 0 Å². The van der Waals surface area contributed by atoms with Gasteiger partial charge in [0, 0.05) is 6.54 Å². The zero-order valence-corrected chi connectivity index (χ0v) is 34.1. The number of nitrogens with two attached hydrogens (primary N) is 1. The molecular weight excluding hydrogens is 663 g/mol. The van der Waals surface area contributed by atoms with E-state index in [4.69, 9.17) is 14.8 Å². The van der Waals surface area contributed by atoms with Crippen LogP contribution in [0.1, 0.15) is 206 Å². The first-order valence-electron chi connectivity index (χ1n) is 21.4. The van der Waals surface area contributed by atoms with Gasteiger partial charge in [0.2, 0.25) is 5.91 Å². The summed E-state index contributed by atoms with van der Waals surface area (Å²) in [5.41, 5.74) is 5.35. The maximum atomic E-state index is 12.7. The third kappa shape index (κ3) is 36.0. The van der Waals surface area contributed by atoms with Gasteiger partial charge in [-0.25, -0.2) is 4.57 Å². The molecule has 0 radical (unpaired) electrons. The molecule has 0 aliphatic heterocycles. The van der Waals surface area contributed by atoms with Crippen molar-refractivity contribution >= 4 is 13.7 Å². The minimum Gasteiger partial charge on any atom is -0.393 e. The first kappa shape index (κ1) is 50.2. The Balaban J connectivity index is 4.23. The van der Waals surface area contributed by atoms with E-state index in [-0.39, 0.29) is 19.6 Å². The highest BCUT2D eigenvalue weighted by atomic mass is 31.2. The number of amides is 1. The summed E-state index contributed by atoms with van der Waals surface area (Å²) >= 11 is 0. The Kier molecular flexibility index (Phi) is 36.9. The number of phosphoric ester groups is 1. The van der Waals surface area contributed by atoms with Gasteiger partial charge in [0.05, 0.1) is 37.9 Å². The summed E-state index contributed by atoms with van der Waals surface area (Å²) in [5.74, 6) is -0.447. The molecule has 0 fully saturated rings. The lowest BCUT2D eigenvalue weighted by molar-refractivity contribution is -0.124. The lowest BCUT2D eigenvalue weighted by Gasteiger charge is -2.24. The van der Waals surface area contributed by atoms with Crippen molar-refractivity contribution in [2.24, 2.45) is 5.73 Å². The van der Waals surface area contributed by atoms with Crippen molar-refractivity contribution in [3.63, 3.8) is 0 Å². The molecule has 0 bridgehead atoms. The van der Waals surface area contributed by atoms with E-state index in [1.807, 2.05) is 6.08 Å². The number of hydrogen-bond donors (Lipinski definition) is 5. The minimum absolute atomic E-state index is 0.0512. The molecule has 0 aromatic carbocycles. The van der Waals surface area contributed by atoms with Crippen molar-refractivity contribution < 1.29 is 33.5 Å². The molecule has 0 rings (SSSR count). The van der Waals surface area contributed by atoms with E-state index in [1.54, 1.807) is 6.08 Å². The third-order valence-electron chi connectivity index (χ3n) is 9.67. The fourth-order valence-electron chi connectivity index (χ4n) is 6.41. The van der Waals surface area contributed by atoms with Gasteiger partial charge in [-0.3, -0.25) is 13.8 Å². The molecular formula is C41H83N2O7P. The Morgan fingerprint density at radius 2 is 1.08 bits per heavy atom. The Hall–Kier alpha value is -0.800. The predicted octanol–water partition coefficient (Wildman–Crippen LogP) is 10.6. The van der Waals surface area contributed by atoms with E-state index in [0.29, 0.717) is 6.42 Å². The summed E-state index contributed by atoms with van der Waals surface area (Å²) in [4.78, 5) is 22.6. The Morgan fingerprint density at radius 1 is 0.667 bits per heavy atom. The summed E-state index contributed by atoms with van der Waals surface area (Å²) in [6.07, 6.45) is 37.4. The van der Waals surface area contributed by atoms with Crippen LogP contribution in [0.3, 0.4) is 0 Å². The number of aliphatic hydroxyl groups is 2. The molecule has 0 heterocycles. The van der Waals surface area contributed by atoms with E-state index in [1.165, 1.54) is 141 Å². The maximum absolute atomic E-state index is 12.7. The molecule has 304 valence electrons. The second kappa shape index (κ2) is 37.5. The molecule has 0 saturated carbocycles. The van der Waals surface area contributed by atoms with Gasteiger partial charge in [-0.05, 0) is 19.3 Å². The predicted molar refractivity (Wildman–Crippen MR) is 214 cm³/mol. The van der Waals surface area contributed by atoms with E-state index in [0.717, 1.165) is 38.5 Å². The second-order valence-corrected chi connectivity index (χ2v) is 16.2. The first-order valence-corrected chi connectivity index (χ1v) is 22.9. The van der Waals surface area contributed by atoms with Crippen molar-refractivity contribution in [1.82, 2.24) is 5.32 Å². The third-order valence-corrected chi connectivity index (χ3v) is 10.7. The largest absolute Gasteiger partial charge is 0.472 e. The van der Waals surface area contributed by atoms with Crippen molar-refractivity contribution in [1.29, 1.82) is 0 Å². The summed E-state index contributed by atoms with van der Waals surface area (Å²) in [6.45, 7) is 3.95. The number of phosphoric acid groups is 1. The molecule has 0 aliphatic rings. The minimum atomic E-state index is -4.39. The van der Waals surface area contributed by atoms with Crippen LogP contribution in [0.4, 0.5) is 0 Å². The Bertz CT molecular complexity index is 832. The molecule has 4 atom stereocenters. The number of carbonyl (C=O) groups excluding carboxylic acids is 1. The highest BCUT2D eigenvalue weighted by molar-refractivity contribution is 7.47. The Labute approximate surface area is 314 Å². The van der Waals surface area contributed by atoms with Crippen LogP contribution in [0.15, 0.2) is 12.2 Å². The number of unbranched alkanes of at least 4 members (excludes halogenated alkanes) is 26. The van der Waals surface area contributed by atoms with Crippen molar-refractivity contribution in [2.45, 2.75) is 225 Å². The molecule has 0 aromatic heterocycles. The number of aliphatic hydroxyl groups excluding tert-OH is 2. The van der Waals surface area contributed by atoms with Crippen LogP contribution in [0, 0.1) is 0 Å². The fourth-order valence-corrected chi connectivity index (χ4v) is 7.17. The summed E-state index contributed by atoms with van der Waals surface area (Å²) in [5, 5.41) is 23.9. The number of rotatable bonds is 40. The van der Waals surface area contributed by atoms with Crippen LogP contribution in [-0.4, -0.2) is 59.0 Å². The monoisotopic (exact) mass is 747 g/mol. The smallest absolute Gasteiger partial charge is 0.393 e. The number of carbonyl (C=O) groups is 1. The van der Waals surface area contributed by atoms with E-state index in [2.05, 4.69) is 19.2 Å². The molecule has 0 spiro atoms. The van der Waals surface area contributed by atoms with Gasteiger partial charge in [0.1, 0.15) is 0 Å². The number of nitrogens with one attached hydrogen (secondary N) is 1. The summed E-state index contributed by atoms with van der Waals surface area (Å²) < 4.78 is 22.0. The average molecular weight is 747 g/mol. The van der Waals surface area contributed by atoms with Gasteiger partial charge in [-0.15, -0.1) is 0 Å². The number of allylic oxidation sites excluding steroid dienone is 1. The average Bonchev–Trinajstić information content (AvgIpc) is 3.10. The molecule has 0 aromatic rings. The zero-order valence-electron chi connectivity index (χ0n) is 33.2. The van der Waals surface area contributed by atoms with Gasteiger partial charge in [0.25, 0.3) is 0 Å². The molecule has 4 unspecified atom stereocenters. The molecule has 9 nitrogen and oxygen atoms in total. The van der Waals surface area contributed by atoms with Crippen LogP contribution in [0.5, 0.6) is 0 Å². The quantitative estimate of drug-likeness (QED) is 0.0236. The topological polar surface area (TPSA) is 151 Å². The molecule has 0 aliphatic carbocycles. The second-order valence-electron chi connectivity index (χ2n) is 14.8. The van der Waals surface area contributed by atoms with E-state index >= 15 is 0 Å². The van der Waals surface area contributed by atoms with Gasteiger partial charge in [0.15, 0.2) is 0 Å². The SMILES string of the molecule is CCCCCCCCCCCCCCCCCCCCC/C=C/C(O)C(COP(=O)(O)OCCN)NC(=O)CC(O)CCCCCCCCCC. The Morgan fingerprint density at radius 3 is 1.51 bits per heavy atom. The van der Waals surface area contributed by atoms with Gasteiger partial charge < -0.3 is 26.2 Å². The molecule has 51 heavy (non-hydrogen) atoms. The van der Waals surface area contributed by atoms with E-state index < -0.39 is 38.6 Å². The summed E-state index contributed by atoms with van der Waals surface area (Å²) in [6, 6.07) is -0.976. The van der Waals surface area contributed by atoms with Gasteiger partial charge in [-0.1, -0.05) is 193 Å².